The van der Waals surface area contributed by atoms with Gasteiger partial charge in [-0.15, -0.1) is 0 Å². The second-order valence-corrected chi connectivity index (χ2v) is 5.65. The number of nitrogens with one attached hydrogen (secondary N) is 1. The van der Waals surface area contributed by atoms with Crippen molar-refractivity contribution in [3.8, 4) is 5.82 Å². The van der Waals surface area contributed by atoms with Crippen LogP contribution in [0.2, 0.25) is 0 Å². The van der Waals surface area contributed by atoms with E-state index in [9.17, 15) is 9.59 Å². The Labute approximate surface area is 150 Å². The van der Waals surface area contributed by atoms with E-state index in [1.807, 2.05) is 25.1 Å². The van der Waals surface area contributed by atoms with Crippen molar-refractivity contribution in [1.29, 1.82) is 0 Å². The molecular formula is C19H18N4O3. The molecule has 1 N–H and O–H groups in total. The van der Waals surface area contributed by atoms with Crippen LogP contribution in [0.4, 0.5) is 5.69 Å². The summed E-state index contributed by atoms with van der Waals surface area (Å²) in [5.41, 5.74) is 2.61. The van der Waals surface area contributed by atoms with Crippen molar-refractivity contribution in [3.63, 3.8) is 0 Å². The van der Waals surface area contributed by atoms with Gasteiger partial charge in [-0.05, 0) is 36.8 Å². The molecule has 0 unspecified atom stereocenters. The lowest BCUT2D eigenvalue weighted by Gasteiger charge is -2.07. The third kappa shape index (κ3) is 3.77. The third-order valence-corrected chi connectivity index (χ3v) is 3.91. The van der Waals surface area contributed by atoms with Crippen LogP contribution in [0.3, 0.4) is 0 Å². The number of benzene rings is 1. The topological polar surface area (TPSA) is 86.1 Å². The molecule has 2 aromatic heterocycles. The van der Waals surface area contributed by atoms with E-state index in [-0.39, 0.29) is 18.3 Å². The van der Waals surface area contributed by atoms with E-state index in [4.69, 9.17) is 0 Å². The van der Waals surface area contributed by atoms with Crippen molar-refractivity contribution in [1.82, 2.24) is 14.8 Å². The third-order valence-electron chi connectivity index (χ3n) is 3.91. The highest BCUT2D eigenvalue weighted by atomic mass is 16.5. The van der Waals surface area contributed by atoms with Gasteiger partial charge in [-0.25, -0.2) is 9.67 Å². The molecule has 0 fully saturated rings. The maximum Gasteiger partial charge on any atom is 0.309 e. The first-order chi connectivity index (χ1) is 12.6. The summed E-state index contributed by atoms with van der Waals surface area (Å²) >= 11 is 0. The first-order valence-electron chi connectivity index (χ1n) is 8.01. The molecule has 3 aromatic rings. The zero-order chi connectivity index (χ0) is 18.5. The number of ether oxygens (including phenoxy) is 1. The lowest BCUT2D eigenvalue weighted by molar-refractivity contribution is -0.139. The van der Waals surface area contributed by atoms with E-state index in [1.165, 1.54) is 13.3 Å². The molecule has 26 heavy (non-hydrogen) atoms. The second kappa shape index (κ2) is 7.60. The van der Waals surface area contributed by atoms with Gasteiger partial charge in [-0.1, -0.05) is 18.2 Å². The molecule has 1 aromatic carbocycles. The summed E-state index contributed by atoms with van der Waals surface area (Å²) in [6.45, 7) is 1.82. The fourth-order valence-electron chi connectivity index (χ4n) is 2.49. The quantitative estimate of drug-likeness (QED) is 0.715. The minimum atomic E-state index is -0.306. The number of aromatic nitrogens is 3. The summed E-state index contributed by atoms with van der Waals surface area (Å²) in [4.78, 5) is 28.0. The number of rotatable bonds is 5. The Bertz CT molecular complexity index is 918. The number of pyridine rings is 1. The van der Waals surface area contributed by atoms with E-state index < -0.39 is 0 Å². The summed E-state index contributed by atoms with van der Waals surface area (Å²) in [5, 5.41) is 7.08. The monoisotopic (exact) mass is 350 g/mol. The predicted octanol–water partition coefficient (Wildman–Crippen LogP) is 2.54. The second-order valence-electron chi connectivity index (χ2n) is 5.65. The molecule has 0 saturated heterocycles. The van der Waals surface area contributed by atoms with Crippen LogP contribution in [0.25, 0.3) is 5.82 Å². The normalized spacial score (nSPS) is 10.4. The van der Waals surface area contributed by atoms with Crippen molar-refractivity contribution in [2.24, 2.45) is 0 Å². The Morgan fingerprint density at radius 2 is 1.92 bits per heavy atom. The average molecular weight is 350 g/mol. The van der Waals surface area contributed by atoms with E-state index in [2.05, 4.69) is 20.1 Å². The van der Waals surface area contributed by atoms with Crippen LogP contribution in [0, 0.1) is 6.92 Å². The molecule has 0 atom stereocenters. The minimum Gasteiger partial charge on any atom is -0.469 e. The standard InChI is InChI=1S/C19H18N4O3/c1-13-16(12-21-23(13)17-5-3-4-10-20-17)19(25)22-15-8-6-14(7-9-15)11-18(24)26-2/h3-10,12H,11H2,1-2H3,(H,22,25). The fraction of sp³-hybridized carbons (Fsp3) is 0.158. The maximum absolute atomic E-state index is 12.5. The molecule has 2 heterocycles. The number of methoxy groups -OCH3 is 1. The molecule has 0 radical (unpaired) electrons. The van der Waals surface area contributed by atoms with Crippen LogP contribution in [0.15, 0.2) is 54.9 Å². The molecule has 7 nitrogen and oxygen atoms in total. The number of amides is 1. The Morgan fingerprint density at radius 3 is 2.58 bits per heavy atom. The van der Waals surface area contributed by atoms with Gasteiger partial charge in [0, 0.05) is 11.9 Å². The summed E-state index contributed by atoms with van der Waals surface area (Å²) in [6.07, 6.45) is 3.39. The zero-order valence-electron chi connectivity index (χ0n) is 14.5. The zero-order valence-corrected chi connectivity index (χ0v) is 14.5. The van der Waals surface area contributed by atoms with Crippen LogP contribution < -0.4 is 5.32 Å². The van der Waals surface area contributed by atoms with Crippen LogP contribution in [-0.2, 0) is 16.0 Å². The van der Waals surface area contributed by atoms with Gasteiger partial charge < -0.3 is 10.1 Å². The van der Waals surface area contributed by atoms with Gasteiger partial charge >= 0.3 is 5.97 Å². The fourth-order valence-corrected chi connectivity index (χ4v) is 2.49. The minimum absolute atomic E-state index is 0.195. The molecular weight excluding hydrogens is 332 g/mol. The van der Waals surface area contributed by atoms with E-state index >= 15 is 0 Å². The van der Waals surface area contributed by atoms with E-state index in [1.54, 1.807) is 35.1 Å². The van der Waals surface area contributed by atoms with Crippen molar-refractivity contribution in [2.45, 2.75) is 13.3 Å². The Balaban J connectivity index is 1.73. The Kier molecular flexibility index (Phi) is 5.07. The molecule has 0 aliphatic heterocycles. The lowest BCUT2D eigenvalue weighted by Crippen LogP contribution is -2.13. The maximum atomic E-state index is 12.5. The van der Waals surface area contributed by atoms with Crippen molar-refractivity contribution in [3.05, 3.63) is 71.7 Å². The summed E-state index contributed by atoms with van der Waals surface area (Å²) in [7, 11) is 1.35. The molecule has 132 valence electrons. The average Bonchev–Trinajstić information content (AvgIpc) is 3.05. The van der Waals surface area contributed by atoms with E-state index in [0.29, 0.717) is 22.8 Å². The molecule has 0 aliphatic carbocycles. The molecule has 0 aliphatic rings. The van der Waals surface area contributed by atoms with Crippen molar-refractivity contribution < 1.29 is 14.3 Å². The van der Waals surface area contributed by atoms with Gasteiger partial charge in [-0.3, -0.25) is 9.59 Å². The molecule has 0 bridgehead atoms. The van der Waals surface area contributed by atoms with Gasteiger partial charge in [-0.2, -0.15) is 5.10 Å². The van der Waals surface area contributed by atoms with Gasteiger partial charge in [0.15, 0.2) is 5.82 Å². The predicted molar refractivity (Wildman–Crippen MR) is 96.2 cm³/mol. The number of carbonyl (C=O) groups excluding carboxylic acids is 2. The number of anilines is 1. The molecule has 0 spiro atoms. The van der Waals surface area contributed by atoms with Crippen LogP contribution >= 0.6 is 0 Å². The molecule has 1 amide bonds. The largest absolute Gasteiger partial charge is 0.469 e. The molecule has 7 heteroatoms. The summed E-state index contributed by atoms with van der Waals surface area (Å²) in [5.74, 6) is 0.0842. The van der Waals surface area contributed by atoms with Crippen molar-refractivity contribution >= 4 is 17.6 Å². The highest BCUT2D eigenvalue weighted by Crippen LogP contribution is 2.16. The smallest absolute Gasteiger partial charge is 0.309 e. The van der Waals surface area contributed by atoms with Gasteiger partial charge in [0.05, 0.1) is 31.0 Å². The number of hydrogen-bond acceptors (Lipinski definition) is 5. The molecule has 0 saturated carbocycles. The molecule has 3 rings (SSSR count). The number of nitrogens with zero attached hydrogens (tertiary/aromatic N) is 3. The van der Waals surface area contributed by atoms with Crippen molar-refractivity contribution in [2.75, 3.05) is 12.4 Å². The first-order valence-corrected chi connectivity index (χ1v) is 8.01. The highest BCUT2D eigenvalue weighted by molar-refractivity contribution is 6.05. The summed E-state index contributed by atoms with van der Waals surface area (Å²) in [6, 6.07) is 12.5. The Morgan fingerprint density at radius 1 is 1.15 bits per heavy atom. The van der Waals surface area contributed by atoms with Crippen LogP contribution in [0.5, 0.6) is 0 Å². The number of esters is 1. The Hall–Kier alpha value is -3.48. The van der Waals surface area contributed by atoms with Gasteiger partial charge in [0.1, 0.15) is 0 Å². The number of hydrogen-bond donors (Lipinski definition) is 1. The van der Waals surface area contributed by atoms with Gasteiger partial charge in [0.2, 0.25) is 0 Å². The van der Waals surface area contributed by atoms with Crippen LogP contribution in [0.1, 0.15) is 21.6 Å². The van der Waals surface area contributed by atoms with Gasteiger partial charge in [0.25, 0.3) is 5.91 Å². The summed E-state index contributed by atoms with van der Waals surface area (Å²) < 4.78 is 6.26. The van der Waals surface area contributed by atoms with Crippen LogP contribution in [-0.4, -0.2) is 33.8 Å². The first kappa shape index (κ1) is 17.3. The lowest BCUT2D eigenvalue weighted by atomic mass is 10.1. The SMILES string of the molecule is COC(=O)Cc1ccc(NC(=O)c2cnn(-c3ccccn3)c2C)cc1. The highest BCUT2D eigenvalue weighted by Gasteiger charge is 2.16. The number of carbonyl (C=O) groups is 2. The van der Waals surface area contributed by atoms with E-state index in [0.717, 1.165) is 5.56 Å².